The van der Waals surface area contributed by atoms with E-state index in [4.69, 9.17) is 16.3 Å². The summed E-state index contributed by atoms with van der Waals surface area (Å²) in [6.45, 7) is 3.51. The number of amides is 1. The van der Waals surface area contributed by atoms with Crippen LogP contribution in [0.1, 0.15) is 6.92 Å². The summed E-state index contributed by atoms with van der Waals surface area (Å²) in [6.07, 6.45) is 0.0225. The SMILES string of the molecule is CC(=O)N1CCOC(CCl)C1. The number of alkyl halides is 1. The van der Waals surface area contributed by atoms with Crippen molar-refractivity contribution in [2.45, 2.75) is 13.0 Å². The normalized spacial score (nSPS) is 25.3. The van der Waals surface area contributed by atoms with Gasteiger partial charge in [-0.3, -0.25) is 4.79 Å². The Balaban J connectivity index is 2.39. The summed E-state index contributed by atoms with van der Waals surface area (Å²) in [5, 5.41) is 0. The van der Waals surface area contributed by atoms with Gasteiger partial charge in [-0.25, -0.2) is 0 Å². The first-order valence-corrected chi connectivity index (χ1v) is 4.20. The van der Waals surface area contributed by atoms with E-state index in [-0.39, 0.29) is 12.0 Å². The molecule has 0 aliphatic carbocycles. The van der Waals surface area contributed by atoms with Crippen LogP contribution in [0, 0.1) is 0 Å². The van der Waals surface area contributed by atoms with Crippen molar-refractivity contribution in [1.29, 1.82) is 0 Å². The molecule has 64 valence electrons. The highest BCUT2D eigenvalue weighted by Gasteiger charge is 2.20. The van der Waals surface area contributed by atoms with Crippen molar-refractivity contribution >= 4 is 17.5 Å². The van der Waals surface area contributed by atoms with E-state index in [9.17, 15) is 4.79 Å². The zero-order valence-corrected chi connectivity index (χ0v) is 7.30. The average Bonchev–Trinajstić information content (AvgIpc) is 2.05. The van der Waals surface area contributed by atoms with Crippen LogP contribution in [0.3, 0.4) is 0 Å². The summed E-state index contributed by atoms with van der Waals surface area (Å²) >= 11 is 5.59. The lowest BCUT2D eigenvalue weighted by Crippen LogP contribution is -2.45. The summed E-state index contributed by atoms with van der Waals surface area (Å²) in [5.74, 6) is 0.562. The number of carbonyl (C=O) groups excluding carboxylic acids is 1. The molecule has 0 bridgehead atoms. The van der Waals surface area contributed by atoms with Gasteiger partial charge in [0.05, 0.1) is 18.6 Å². The number of ether oxygens (including phenoxy) is 1. The zero-order valence-electron chi connectivity index (χ0n) is 6.55. The number of nitrogens with zero attached hydrogens (tertiary/aromatic N) is 1. The minimum Gasteiger partial charge on any atom is -0.373 e. The lowest BCUT2D eigenvalue weighted by atomic mass is 10.3. The highest BCUT2D eigenvalue weighted by molar-refractivity contribution is 6.18. The monoisotopic (exact) mass is 177 g/mol. The van der Waals surface area contributed by atoms with Crippen LogP contribution in [0.25, 0.3) is 0 Å². The molecule has 1 fully saturated rings. The molecule has 0 N–H and O–H groups in total. The topological polar surface area (TPSA) is 29.5 Å². The Morgan fingerprint density at radius 3 is 3.09 bits per heavy atom. The molecule has 1 amide bonds. The van der Waals surface area contributed by atoms with Crippen LogP contribution >= 0.6 is 11.6 Å². The van der Waals surface area contributed by atoms with Gasteiger partial charge in [0.15, 0.2) is 0 Å². The Labute approximate surface area is 71.3 Å². The third-order valence-electron chi connectivity index (χ3n) is 1.76. The Bertz CT molecular complexity index is 151. The smallest absolute Gasteiger partial charge is 0.219 e. The molecule has 1 aliphatic heterocycles. The minimum atomic E-state index is 0.0225. The van der Waals surface area contributed by atoms with Crippen molar-refractivity contribution in [1.82, 2.24) is 4.90 Å². The first kappa shape index (κ1) is 8.81. The van der Waals surface area contributed by atoms with Crippen LogP contribution in [0.5, 0.6) is 0 Å². The molecule has 0 radical (unpaired) electrons. The van der Waals surface area contributed by atoms with Gasteiger partial charge in [-0.05, 0) is 0 Å². The number of carbonyl (C=O) groups is 1. The maximum Gasteiger partial charge on any atom is 0.219 e. The molecular formula is C7H12ClNO2. The Morgan fingerprint density at radius 1 is 1.82 bits per heavy atom. The van der Waals surface area contributed by atoms with Gasteiger partial charge in [0.2, 0.25) is 5.91 Å². The molecule has 0 aromatic rings. The standard InChI is InChI=1S/C7H12ClNO2/c1-6(10)9-2-3-11-7(4-8)5-9/h7H,2-5H2,1H3. The molecule has 11 heavy (non-hydrogen) atoms. The molecule has 4 heteroatoms. The fourth-order valence-electron chi connectivity index (χ4n) is 1.10. The molecule has 1 rings (SSSR count). The number of halogens is 1. The first-order chi connectivity index (χ1) is 5.24. The van der Waals surface area contributed by atoms with Gasteiger partial charge in [-0.15, -0.1) is 11.6 Å². The van der Waals surface area contributed by atoms with Gasteiger partial charge in [-0.1, -0.05) is 0 Å². The zero-order chi connectivity index (χ0) is 8.27. The van der Waals surface area contributed by atoms with Crippen LogP contribution in [0.2, 0.25) is 0 Å². The molecule has 0 spiro atoms. The van der Waals surface area contributed by atoms with Gasteiger partial charge in [0.25, 0.3) is 0 Å². The second kappa shape index (κ2) is 3.93. The quantitative estimate of drug-likeness (QED) is 0.545. The number of rotatable bonds is 1. The van der Waals surface area contributed by atoms with E-state index in [2.05, 4.69) is 0 Å². The lowest BCUT2D eigenvalue weighted by molar-refractivity contribution is -0.135. The van der Waals surface area contributed by atoms with Crippen molar-refractivity contribution in [3.63, 3.8) is 0 Å². The third kappa shape index (κ3) is 2.34. The van der Waals surface area contributed by atoms with Gasteiger partial charge in [-0.2, -0.15) is 0 Å². The van der Waals surface area contributed by atoms with Crippen LogP contribution in [0.4, 0.5) is 0 Å². The highest BCUT2D eigenvalue weighted by Crippen LogP contribution is 2.06. The van der Waals surface area contributed by atoms with Crippen LogP contribution < -0.4 is 0 Å². The Kier molecular flexibility index (Phi) is 3.15. The van der Waals surface area contributed by atoms with E-state index in [1.165, 1.54) is 0 Å². The second-order valence-electron chi connectivity index (χ2n) is 2.61. The van der Waals surface area contributed by atoms with Crippen molar-refractivity contribution in [3.05, 3.63) is 0 Å². The van der Waals surface area contributed by atoms with Gasteiger partial charge < -0.3 is 9.64 Å². The molecule has 0 aromatic heterocycles. The maximum absolute atomic E-state index is 10.9. The van der Waals surface area contributed by atoms with E-state index in [0.29, 0.717) is 25.6 Å². The molecule has 3 nitrogen and oxygen atoms in total. The van der Waals surface area contributed by atoms with E-state index < -0.39 is 0 Å². The van der Waals surface area contributed by atoms with E-state index >= 15 is 0 Å². The van der Waals surface area contributed by atoms with Crippen LogP contribution in [-0.2, 0) is 9.53 Å². The molecule has 1 saturated heterocycles. The van der Waals surface area contributed by atoms with Gasteiger partial charge in [0.1, 0.15) is 0 Å². The molecule has 1 unspecified atom stereocenters. The summed E-state index contributed by atoms with van der Waals surface area (Å²) in [6, 6.07) is 0. The predicted molar refractivity (Wildman–Crippen MR) is 42.7 cm³/mol. The number of morpholine rings is 1. The third-order valence-corrected chi connectivity index (χ3v) is 2.10. The molecule has 0 saturated carbocycles. The van der Waals surface area contributed by atoms with Crippen molar-refractivity contribution in [2.24, 2.45) is 0 Å². The van der Waals surface area contributed by atoms with E-state index in [1.807, 2.05) is 0 Å². The molecule has 1 heterocycles. The fraction of sp³-hybridized carbons (Fsp3) is 0.857. The van der Waals surface area contributed by atoms with Gasteiger partial charge >= 0.3 is 0 Å². The average molecular weight is 178 g/mol. The molecule has 1 atom stereocenters. The summed E-state index contributed by atoms with van der Waals surface area (Å²) in [4.78, 5) is 12.6. The van der Waals surface area contributed by atoms with Crippen LogP contribution in [-0.4, -0.2) is 42.5 Å². The lowest BCUT2D eigenvalue weighted by Gasteiger charge is -2.31. The van der Waals surface area contributed by atoms with E-state index in [1.54, 1.807) is 11.8 Å². The number of hydrogen-bond donors (Lipinski definition) is 0. The van der Waals surface area contributed by atoms with Crippen molar-refractivity contribution < 1.29 is 9.53 Å². The molecule has 0 aromatic carbocycles. The van der Waals surface area contributed by atoms with Crippen LogP contribution in [0.15, 0.2) is 0 Å². The Hall–Kier alpha value is -0.280. The van der Waals surface area contributed by atoms with Gasteiger partial charge in [0, 0.05) is 20.0 Å². The molecule has 1 aliphatic rings. The molecular weight excluding hydrogens is 166 g/mol. The predicted octanol–water partition coefficient (Wildman–Crippen LogP) is 0.472. The minimum absolute atomic E-state index is 0.0225. The fourth-order valence-corrected chi connectivity index (χ4v) is 1.29. The number of hydrogen-bond acceptors (Lipinski definition) is 2. The summed E-state index contributed by atoms with van der Waals surface area (Å²) in [7, 11) is 0. The summed E-state index contributed by atoms with van der Waals surface area (Å²) < 4.78 is 5.28. The van der Waals surface area contributed by atoms with Crippen molar-refractivity contribution in [3.8, 4) is 0 Å². The van der Waals surface area contributed by atoms with E-state index in [0.717, 1.165) is 0 Å². The first-order valence-electron chi connectivity index (χ1n) is 3.67. The largest absolute Gasteiger partial charge is 0.373 e. The summed E-state index contributed by atoms with van der Waals surface area (Å²) in [5.41, 5.74) is 0. The Morgan fingerprint density at radius 2 is 2.55 bits per heavy atom. The second-order valence-corrected chi connectivity index (χ2v) is 2.92. The maximum atomic E-state index is 10.9. The van der Waals surface area contributed by atoms with Crippen molar-refractivity contribution in [2.75, 3.05) is 25.6 Å². The highest BCUT2D eigenvalue weighted by atomic mass is 35.5.